The van der Waals surface area contributed by atoms with Gasteiger partial charge in [-0.25, -0.2) is 9.97 Å². The molecule has 1 saturated heterocycles. The third-order valence-electron chi connectivity index (χ3n) is 3.00. The zero-order valence-electron chi connectivity index (χ0n) is 11.6. The number of aryl methyl sites for hydroxylation is 1. The first kappa shape index (κ1) is 14.2. The van der Waals surface area contributed by atoms with Gasteiger partial charge in [0, 0.05) is 18.8 Å². The summed E-state index contributed by atoms with van der Waals surface area (Å²) in [6.45, 7) is 5.55. The zero-order valence-corrected chi connectivity index (χ0v) is 11.6. The van der Waals surface area contributed by atoms with Crippen molar-refractivity contribution >= 4 is 11.9 Å². The third kappa shape index (κ3) is 3.03. The fraction of sp³-hybridized carbons (Fsp3) is 0.538. The lowest BCUT2D eigenvalue weighted by atomic mass is 10.2. The number of nitriles is 1. The molecule has 0 saturated carbocycles. The number of nitrogens with zero attached hydrogens (tertiary/aromatic N) is 4. The summed E-state index contributed by atoms with van der Waals surface area (Å²) in [7, 11) is 0. The van der Waals surface area contributed by atoms with Crippen molar-refractivity contribution in [2.24, 2.45) is 0 Å². The van der Waals surface area contributed by atoms with Crippen LogP contribution in [0.3, 0.4) is 0 Å². The molecule has 2 rings (SSSR count). The Balaban J connectivity index is 2.30. The molecule has 1 aromatic rings. The van der Waals surface area contributed by atoms with Crippen LogP contribution in [0, 0.1) is 18.3 Å². The quantitative estimate of drug-likeness (QED) is 0.834. The van der Waals surface area contributed by atoms with E-state index in [1.807, 2.05) is 13.0 Å². The second-order valence-electron chi connectivity index (χ2n) is 4.49. The van der Waals surface area contributed by atoms with Crippen LogP contribution in [-0.2, 0) is 9.53 Å². The number of aromatic nitrogens is 2. The smallest absolute Gasteiger partial charge is 0.245 e. The molecule has 20 heavy (non-hydrogen) atoms. The normalized spacial score (nSPS) is 18.4. The molecular weight excluding hydrogens is 258 g/mol. The maximum absolute atomic E-state index is 12.1. The summed E-state index contributed by atoms with van der Waals surface area (Å²) in [5.41, 5.74) is 1.00. The van der Waals surface area contributed by atoms with E-state index < -0.39 is 6.04 Å². The SMILES string of the molecule is CCNC(=O)C1COCCN1c1nc(C)cc(C#N)n1. The molecular formula is C13H17N5O2. The number of carbonyl (C=O) groups is 1. The van der Waals surface area contributed by atoms with Gasteiger partial charge in [0.25, 0.3) is 0 Å². The van der Waals surface area contributed by atoms with Crippen LogP contribution in [0.2, 0.25) is 0 Å². The van der Waals surface area contributed by atoms with Crippen molar-refractivity contribution < 1.29 is 9.53 Å². The number of hydrogen-bond donors (Lipinski definition) is 1. The number of nitrogens with one attached hydrogen (secondary N) is 1. The van der Waals surface area contributed by atoms with Crippen molar-refractivity contribution in [3.05, 3.63) is 17.5 Å². The molecule has 1 unspecified atom stereocenters. The number of anilines is 1. The predicted octanol–water partition coefficient (Wildman–Crippen LogP) is -0.00200. The summed E-state index contributed by atoms with van der Waals surface area (Å²) in [6, 6.07) is 3.16. The zero-order chi connectivity index (χ0) is 14.5. The summed E-state index contributed by atoms with van der Waals surface area (Å²) >= 11 is 0. The Morgan fingerprint density at radius 1 is 1.65 bits per heavy atom. The van der Waals surface area contributed by atoms with E-state index in [2.05, 4.69) is 15.3 Å². The molecule has 0 bridgehead atoms. The van der Waals surface area contributed by atoms with Gasteiger partial charge in [0.2, 0.25) is 11.9 Å². The van der Waals surface area contributed by atoms with Crippen LogP contribution in [0.15, 0.2) is 6.07 Å². The number of morpholine rings is 1. The average Bonchev–Trinajstić information content (AvgIpc) is 2.46. The lowest BCUT2D eigenvalue weighted by Crippen LogP contribution is -2.54. The molecule has 106 valence electrons. The van der Waals surface area contributed by atoms with Crippen LogP contribution in [0.4, 0.5) is 5.95 Å². The van der Waals surface area contributed by atoms with Gasteiger partial charge in [-0.2, -0.15) is 5.26 Å². The number of likely N-dealkylation sites (N-methyl/N-ethyl adjacent to an activating group) is 1. The van der Waals surface area contributed by atoms with E-state index >= 15 is 0 Å². The first-order chi connectivity index (χ1) is 9.65. The molecule has 1 N–H and O–H groups in total. The second-order valence-corrected chi connectivity index (χ2v) is 4.49. The average molecular weight is 275 g/mol. The Hall–Kier alpha value is -2.20. The van der Waals surface area contributed by atoms with Gasteiger partial charge in [-0.1, -0.05) is 0 Å². The van der Waals surface area contributed by atoms with Crippen molar-refractivity contribution in [1.82, 2.24) is 15.3 Å². The molecule has 1 aromatic heterocycles. The van der Waals surface area contributed by atoms with Gasteiger partial charge in [-0.05, 0) is 19.9 Å². The number of rotatable bonds is 3. The van der Waals surface area contributed by atoms with Gasteiger partial charge >= 0.3 is 0 Å². The topological polar surface area (TPSA) is 91.1 Å². The Bertz CT molecular complexity index is 540. The van der Waals surface area contributed by atoms with Crippen LogP contribution in [-0.4, -0.2) is 48.2 Å². The molecule has 1 atom stereocenters. The van der Waals surface area contributed by atoms with E-state index in [0.717, 1.165) is 0 Å². The van der Waals surface area contributed by atoms with Crippen molar-refractivity contribution in [3.63, 3.8) is 0 Å². The highest BCUT2D eigenvalue weighted by molar-refractivity contribution is 5.85. The van der Waals surface area contributed by atoms with Crippen LogP contribution in [0.5, 0.6) is 0 Å². The molecule has 1 aliphatic rings. The highest BCUT2D eigenvalue weighted by Gasteiger charge is 2.31. The summed E-state index contributed by atoms with van der Waals surface area (Å²) in [5, 5.41) is 11.8. The standard InChI is InChI=1S/C13H17N5O2/c1-3-15-12(19)11-8-20-5-4-18(11)13-16-9(2)6-10(7-14)17-13/h6,11H,3-5,8H2,1-2H3,(H,15,19). The summed E-state index contributed by atoms with van der Waals surface area (Å²) in [5.74, 6) is 0.289. The van der Waals surface area contributed by atoms with Gasteiger partial charge in [-0.15, -0.1) is 0 Å². The highest BCUT2D eigenvalue weighted by atomic mass is 16.5. The molecule has 0 spiro atoms. The number of carbonyl (C=O) groups excluding carboxylic acids is 1. The second kappa shape index (κ2) is 6.30. The minimum atomic E-state index is -0.461. The number of amides is 1. The van der Waals surface area contributed by atoms with Crippen molar-refractivity contribution in [3.8, 4) is 6.07 Å². The monoisotopic (exact) mass is 275 g/mol. The molecule has 7 nitrogen and oxygen atoms in total. The fourth-order valence-corrected chi connectivity index (χ4v) is 2.09. The van der Waals surface area contributed by atoms with Gasteiger partial charge in [-0.3, -0.25) is 4.79 Å². The molecule has 7 heteroatoms. The Kier molecular flexibility index (Phi) is 4.48. The lowest BCUT2D eigenvalue weighted by molar-refractivity contribution is -0.124. The molecule has 0 aromatic carbocycles. The largest absolute Gasteiger partial charge is 0.377 e. The van der Waals surface area contributed by atoms with Crippen LogP contribution in [0.25, 0.3) is 0 Å². The maximum Gasteiger partial charge on any atom is 0.245 e. The van der Waals surface area contributed by atoms with Gasteiger partial charge in [0.1, 0.15) is 17.8 Å². The van der Waals surface area contributed by atoms with E-state index in [1.165, 1.54) is 0 Å². The van der Waals surface area contributed by atoms with E-state index in [0.29, 0.717) is 43.6 Å². The van der Waals surface area contributed by atoms with Gasteiger partial charge in [0.05, 0.1) is 13.2 Å². The van der Waals surface area contributed by atoms with Crippen molar-refractivity contribution in [2.45, 2.75) is 19.9 Å². The van der Waals surface area contributed by atoms with Crippen LogP contribution >= 0.6 is 0 Å². The molecule has 1 aliphatic heterocycles. The van der Waals surface area contributed by atoms with E-state index in [4.69, 9.17) is 10.00 Å². The molecule has 1 fully saturated rings. The maximum atomic E-state index is 12.1. The van der Waals surface area contributed by atoms with Gasteiger partial charge in [0.15, 0.2) is 0 Å². The fourth-order valence-electron chi connectivity index (χ4n) is 2.09. The van der Waals surface area contributed by atoms with E-state index in [9.17, 15) is 4.79 Å². The Labute approximate surface area is 117 Å². The molecule has 2 heterocycles. The van der Waals surface area contributed by atoms with E-state index in [1.54, 1.807) is 17.9 Å². The minimum absolute atomic E-state index is 0.115. The van der Waals surface area contributed by atoms with E-state index in [-0.39, 0.29) is 5.91 Å². The molecule has 0 aliphatic carbocycles. The number of hydrogen-bond acceptors (Lipinski definition) is 6. The third-order valence-corrected chi connectivity index (χ3v) is 3.00. The first-order valence-electron chi connectivity index (χ1n) is 6.53. The van der Waals surface area contributed by atoms with Crippen molar-refractivity contribution in [2.75, 3.05) is 31.2 Å². The summed E-state index contributed by atoms with van der Waals surface area (Å²) in [6.07, 6.45) is 0. The summed E-state index contributed by atoms with van der Waals surface area (Å²) < 4.78 is 5.37. The summed E-state index contributed by atoms with van der Waals surface area (Å²) in [4.78, 5) is 22.4. The first-order valence-corrected chi connectivity index (χ1v) is 6.53. The number of ether oxygens (including phenoxy) is 1. The molecule has 1 amide bonds. The molecule has 0 radical (unpaired) electrons. The van der Waals surface area contributed by atoms with Crippen molar-refractivity contribution in [1.29, 1.82) is 5.26 Å². The minimum Gasteiger partial charge on any atom is -0.377 e. The Morgan fingerprint density at radius 3 is 3.15 bits per heavy atom. The Morgan fingerprint density at radius 2 is 2.45 bits per heavy atom. The van der Waals surface area contributed by atoms with Crippen LogP contribution < -0.4 is 10.2 Å². The predicted molar refractivity (Wildman–Crippen MR) is 72.1 cm³/mol. The lowest BCUT2D eigenvalue weighted by Gasteiger charge is -2.34. The van der Waals surface area contributed by atoms with Gasteiger partial charge < -0.3 is 15.0 Å². The highest BCUT2D eigenvalue weighted by Crippen LogP contribution is 2.16. The van der Waals surface area contributed by atoms with Crippen LogP contribution in [0.1, 0.15) is 18.3 Å².